The third-order valence-corrected chi connectivity index (χ3v) is 4.10. The number of nitro benzene ring substituents is 1. The largest absolute Gasteiger partial charge is 0.487 e. The van der Waals surface area contributed by atoms with Crippen molar-refractivity contribution in [2.75, 3.05) is 33.3 Å². The number of ether oxygens (including phenoxy) is 1. The molecule has 1 fully saturated rings. The van der Waals surface area contributed by atoms with Crippen LogP contribution < -0.4 is 10.1 Å². The second kappa shape index (κ2) is 9.44. The summed E-state index contributed by atoms with van der Waals surface area (Å²) in [6.45, 7) is 4.43. The fourth-order valence-corrected chi connectivity index (χ4v) is 2.88. The molecule has 1 aromatic carbocycles. The van der Waals surface area contributed by atoms with Crippen LogP contribution in [-0.2, 0) is 0 Å². The minimum absolute atomic E-state index is 0. The van der Waals surface area contributed by atoms with Crippen molar-refractivity contribution in [1.82, 2.24) is 10.2 Å². The van der Waals surface area contributed by atoms with Crippen LogP contribution >= 0.6 is 12.4 Å². The van der Waals surface area contributed by atoms with Crippen LogP contribution in [0.25, 0.3) is 0 Å². The van der Waals surface area contributed by atoms with Gasteiger partial charge in [-0.3, -0.25) is 14.9 Å². The first-order valence-corrected chi connectivity index (χ1v) is 7.92. The molecule has 1 amide bonds. The predicted octanol–water partition coefficient (Wildman–Crippen LogP) is 2.49. The molecule has 1 aliphatic heterocycles. The van der Waals surface area contributed by atoms with Gasteiger partial charge in [-0.05, 0) is 51.4 Å². The van der Waals surface area contributed by atoms with Crippen LogP contribution in [0.1, 0.15) is 30.1 Å². The Morgan fingerprint density at radius 3 is 2.62 bits per heavy atom. The summed E-state index contributed by atoms with van der Waals surface area (Å²) in [7, 11) is 1.93. The summed E-state index contributed by atoms with van der Waals surface area (Å²) >= 11 is 0. The van der Waals surface area contributed by atoms with E-state index in [1.54, 1.807) is 17.9 Å². The number of carbonyl (C=O) groups is 1. The van der Waals surface area contributed by atoms with E-state index in [9.17, 15) is 14.9 Å². The first-order valence-electron chi connectivity index (χ1n) is 7.92. The van der Waals surface area contributed by atoms with Crippen LogP contribution in [0, 0.1) is 16.0 Å². The Morgan fingerprint density at radius 2 is 2.08 bits per heavy atom. The van der Waals surface area contributed by atoms with Gasteiger partial charge >= 0.3 is 5.69 Å². The molecular weight excluding hydrogens is 334 g/mol. The molecule has 0 aliphatic carbocycles. The lowest BCUT2D eigenvalue weighted by Crippen LogP contribution is -2.40. The van der Waals surface area contributed by atoms with E-state index in [0.717, 1.165) is 19.4 Å². The van der Waals surface area contributed by atoms with Crippen molar-refractivity contribution in [3.05, 3.63) is 33.9 Å². The second-order valence-electron chi connectivity index (χ2n) is 5.67. The monoisotopic (exact) mass is 357 g/mol. The molecule has 134 valence electrons. The number of rotatable bonds is 6. The lowest BCUT2D eigenvalue weighted by atomic mass is 9.96. The normalized spacial score (nSPS) is 14.8. The third kappa shape index (κ3) is 4.82. The summed E-state index contributed by atoms with van der Waals surface area (Å²) in [5, 5.41) is 14.3. The number of hydrogen-bond acceptors (Lipinski definition) is 5. The Labute approximate surface area is 147 Å². The predicted molar refractivity (Wildman–Crippen MR) is 94.1 cm³/mol. The Balaban J connectivity index is 0.00000288. The van der Waals surface area contributed by atoms with Gasteiger partial charge < -0.3 is 15.0 Å². The van der Waals surface area contributed by atoms with Gasteiger partial charge in [0.2, 0.25) is 0 Å². The summed E-state index contributed by atoms with van der Waals surface area (Å²) in [6.07, 6.45) is 1.90. The minimum Gasteiger partial charge on any atom is -0.487 e. The molecule has 0 aromatic heterocycles. The highest BCUT2D eigenvalue weighted by Crippen LogP contribution is 2.29. The van der Waals surface area contributed by atoms with Crippen molar-refractivity contribution in [2.24, 2.45) is 5.92 Å². The van der Waals surface area contributed by atoms with E-state index in [1.807, 2.05) is 7.05 Å². The molecule has 24 heavy (non-hydrogen) atoms. The van der Waals surface area contributed by atoms with Crippen LogP contribution in [0.4, 0.5) is 5.69 Å². The summed E-state index contributed by atoms with van der Waals surface area (Å²) in [5.74, 6) is 0.625. The highest BCUT2D eigenvalue weighted by molar-refractivity contribution is 5.95. The standard InChI is InChI=1S/C16H23N3O4.ClH/c1-3-23-15-5-4-13(10-14(15)19(21)22)16(20)18-8-6-12(7-9-18)11-17-2;/h4-5,10,12,17H,3,6-9,11H2,1-2H3;1H. The molecule has 1 saturated heterocycles. The minimum atomic E-state index is -0.513. The highest BCUT2D eigenvalue weighted by Gasteiger charge is 2.25. The van der Waals surface area contributed by atoms with E-state index in [2.05, 4.69) is 5.32 Å². The zero-order chi connectivity index (χ0) is 16.8. The average Bonchev–Trinajstić information content (AvgIpc) is 2.55. The van der Waals surface area contributed by atoms with Crippen LogP contribution in [-0.4, -0.2) is 49.0 Å². The van der Waals surface area contributed by atoms with Crippen LogP contribution in [0.5, 0.6) is 5.75 Å². The van der Waals surface area contributed by atoms with Crippen molar-refractivity contribution in [3.63, 3.8) is 0 Å². The van der Waals surface area contributed by atoms with Gasteiger partial charge in [0.25, 0.3) is 5.91 Å². The van der Waals surface area contributed by atoms with Crippen molar-refractivity contribution < 1.29 is 14.5 Å². The van der Waals surface area contributed by atoms with Crippen molar-refractivity contribution in [2.45, 2.75) is 19.8 Å². The second-order valence-corrected chi connectivity index (χ2v) is 5.67. The van der Waals surface area contributed by atoms with Crippen LogP contribution in [0.2, 0.25) is 0 Å². The molecule has 0 saturated carbocycles. The highest BCUT2D eigenvalue weighted by atomic mass is 35.5. The Hall–Kier alpha value is -1.86. The number of hydrogen-bond donors (Lipinski definition) is 1. The van der Waals surface area contributed by atoms with Gasteiger partial charge in [-0.1, -0.05) is 0 Å². The topological polar surface area (TPSA) is 84.7 Å². The molecule has 1 heterocycles. The average molecular weight is 358 g/mol. The number of halogens is 1. The lowest BCUT2D eigenvalue weighted by Gasteiger charge is -2.32. The fraction of sp³-hybridized carbons (Fsp3) is 0.562. The number of benzene rings is 1. The molecule has 0 unspecified atom stereocenters. The zero-order valence-corrected chi connectivity index (χ0v) is 14.8. The molecular formula is C16H24ClN3O4. The zero-order valence-electron chi connectivity index (χ0n) is 14.0. The number of carbonyl (C=O) groups excluding carboxylic acids is 1. The first kappa shape index (κ1) is 20.2. The Morgan fingerprint density at radius 1 is 1.42 bits per heavy atom. The summed E-state index contributed by atoms with van der Waals surface area (Å²) in [4.78, 5) is 25.0. The van der Waals surface area contributed by atoms with Gasteiger partial charge in [0.15, 0.2) is 5.75 Å². The number of piperidine rings is 1. The Kier molecular flexibility index (Phi) is 7.94. The molecule has 0 bridgehead atoms. The molecule has 0 atom stereocenters. The van der Waals surface area contributed by atoms with E-state index in [4.69, 9.17) is 4.74 Å². The maximum atomic E-state index is 12.6. The van der Waals surface area contributed by atoms with Crippen molar-refractivity contribution in [1.29, 1.82) is 0 Å². The van der Waals surface area contributed by atoms with E-state index in [0.29, 0.717) is 31.2 Å². The van der Waals surface area contributed by atoms with Crippen LogP contribution in [0.3, 0.4) is 0 Å². The smallest absolute Gasteiger partial charge is 0.311 e. The van der Waals surface area contributed by atoms with Crippen LogP contribution in [0.15, 0.2) is 18.2 Å². The molecule has 0 spiro atoms. The molecule has 2 rings (SSSR count). The molecule has 1 aromatic rings. The number of nitrogens with one attached hydrogen (secondary N) is 1. The maximum Gasteiger partial charge on any atom is 0.311 e. The molecule has 8 heteroatoms. The van der Waals surface area contributed by atoms with Crippen molar-refractivity contribution in [3.8, 4) is 5.75 Å². The quantitative estimate of drug-likeness (QED) is 0.624. The molecule has 7 nitrogen and oxygen atoms in total. The van der Waals surface area contributed by atoms with Gasteiger partial charge in [0.1, 0.15) is 0 Å². The van der Waals surface area contributed by atoms with E-state index in [-0.39, 0.29) is 29.8 Å². The van der Waals surface area contributed by atoms with Gasteiger partial charge in [0.05, 0.1) is 11.5 Å². The SMILES string of the molecule is CCOc1ccc(C(=O)N2CCC(CNC)CC2)cc1[N+](=O)[O-].Cl. The van der Waals surface area contributed by atoms with Gasteiger partial charge in [-0.15, -0.1) is 12.4 Å². The molecule has 1 aliphatic rings. The number of nitro groups is 1. The van der Waals surface area contributed by atoms with Crippen molar-refractivity contribution >= 4 is 24.0 Å². The van der Waals surface area contributed by atoms with Gasteiger partial charge in [0, 0.05) is 24.7 Å². The summed E-state index contributed by atoms with van der Waals surface area (Å²) in [6, 6.07) is 4.41. The van der Waals surface area contributed by atoms with Gasteiger partial charge in [-0.2, -0.15) is 0 Å². The molecule has 0 radical (unpaired) electrons. The fourth-order valence-electron chi connectivity index (χ4n) is 2.88. The Bertz CT molecular complexity index is 574. The van der Waals surface area contributed by atoms with Gasteiger partial charge in [-0.25, -0.2) is 0 Å². The van der Waals surface area contributed by atoms with E-state index < -0.39 is 4.92 Å². The number of nitrogens with zero attached hydrogens (tertiary/aromatic N) is 2. The first-order chi connectivity index (χ1) is 11.1. The van der Waals surface area contributed by atoms with E-state index >= 15 is 0 Å². The third-order valence-electron chi connectivity index (χ3n) is 4.10. The number of likely N-dealkylation sites (tertiary alicyclic amines) is 1. The lowest BCUT2D eigenvalue weighted by molar-refractivity contribution is -0.385. The molecule has 1 N–H and O–H groups in total. The number of amides is 1. The maximum absolute atomic E-state index is 12.6. The van der Waals surface area contributed by atoms with E-state index in [1.165, 1.54) is 12.1 Å². The summed E-state index contributed by atoms with van der Waals surface area (Å²) in [5.41, 5.74) is 0.176. The summed E-state index contributed by atoms with van der Waals surface area (Å²) < 4.78 is 5.25.